The third kappa shape index (κ3) is 4.44. The quantitative estimate of drug-likeness (QED) is 0.449. The summed E-state index contributed by atoms with van der Waals surface area (Å²) in [5.41, 5.74) is 3.34. The number of ether oxygens (including phenoxy) is 1. The molecule has 4 heterocycles. The van der Waals surface area contributed by atoms with E-state index in [1.165, 1.54) is 6.07 Å². The van der Waals surface area contributed by atoms with E-state index in [1.54, 1.807) is 12.3 Å². The molecule has 6 rings (SSSR count). The monoisotopic (exact) mass is 517 g/mol. The molecule has 10 heteroatoms. The highest BCUT2D eigenvalue weighted by Crippen LogP contribution is 2.64. The van der Waals surface area contributed by atoms with Crippen LogP contribution >= 0.6 is 0 Å². The van der Waals surface area contributed by atoms with E-state index in [2.05, 4.69) is 21.3 Å². The molecule has 2 saturated heterocycles. The van der Waals surface area contributed by atoms with Crippen molar-refractivity contribution in [2.24, 2.45) is 11.3 Å². The number of hydrogen-bond donors (Lipinski definition) is 1. The molecule has 6 nitrogen and oxygen atoms in total. The number of imidazole rings is 1. The van der Waals surface area contributed by atoms with Gasteiger partial charge in [0.25, 0.3) is 0 Å². The van der Waals surface area contributed by atoms with E-state index in [9.17, 15) is 17.6 Å². The Morgan fingerprint density at radius 2 is 1.92 bits per heavy atom. The number of nitrogens with zero attached hydrogens (tertiary/aromatic N) is 4. The summed E-state index contributed by atoms with van der Waals surface area (Å²) in [5, 5.41) is 3.16. The van der Waals surface area contributed by atoms with Gasteiger partial charge in [0.05, 0.1) is 36.7 Å². The number of nitrogens with one attached hydrogen (secondary N) is 1. The van der Waals surface area contributed by atoms with Gasteiger partial charge in [0.2, 0.25) is 0 Å². The van der Waals surface area contributed by atoms with E-state index in [0.29, 0.717) is 45.1 Å². The normalized spacial score (nSPS) is 22.1. The molecule has 2 aliphatic heterocycles. The van der Waals surface area contributed by atoms with E-state index >= 15 is 0 Å². The minimum Gasteiger partial charge on any atom is -0.378 e. The molecule has 3 aliphatic rings. The van der Waals surface area contributed by atoms with Gasteiger partial charge in [-0.1, -0.05) is 0 Å². The maximum atomic E-state index is 15.0. The fraction of sp³-hybridized carbons (Fsp3) is 0.519. The van der Waals surface area contributed by atoms with Crippen molar-refractivity contribution < 1.29 is 22.3 Å². The van der Waals surface area contributed by atoms with Crippen LogP contribution in [0.25, 0.3) is 16.8 Å². The van der Waals surface area contributed by atoms with Crippen LogP contribution in [-0.4, -0.2) is 66.5 Å². The lowest BCUT2D eigenvalue weighted by atomic mass is 9.87. The molecular weight excluding hydrogens is 486 g/mol. The number of aromatic nitrogens is 2. The average Bonchev–Trinajstić information content (AvgIpc) is 3.34. The minimum absolute atomic E-state index is 0.228. The first-order valence-electron chi connectivity index (χ1n) is 12.9. The van der Waals surface area contributed by atoms with Gasteiger partial charge < -0.3 is 19.4 Å². The highest BCUT2D eigenvalue weighted by atomic mass is 19.4. The molecule has 0 bridgehead atoms. The van der Waals surface area contributed by atoms with Crippen molar-refractivity contribution >= 4 is 17.0 Å². The van der Waals surface area contributed by atoms with Crippen LogP contribution in [0.5, 0.6) is 0 Å². The second kappa shape index (κ2) is 9.16. The SMILES string of the molecule is Cc1cc(F)c(NCN2CCC(C3(C(F)(F)F)CC3)C2)cc1-c1cc(N2CCOCC2)c2nccn2c1. The Kier molecular flexibility index (Phi) is 6.06. The van der Waals surface area contributed by atoms with Gasteiger partial charge in [0.15, 0.2) is 5.65 Å². The van der Waals surface area contributed by atoms with Gasteiger partial charge in [-0.2, -0.15) is 13.2 Å². The zero-order chi connectivity index (χ0) is 25.8. The van der Waals surface area contributed by atoms with Crippen LogP contribution < -0.4 is 10.2 Å². The second-order valence-corrected chi connectivity index (χ2v) is 10.6. The number of hydrogen-bond acceptors (Lipinski definition) is 5. The van der Waals surface area contributed by atoms with E-state index in [0.717, 1.165) is 41.1 Å². The molecule has 1 aromatic carbocycles. The third-order valence-electron chi connectivity index (χ3n) is 8.35. The molecule has 198 valence electrons. The smallest absolute Gasteiger partial charge is 0.378 e. The van der Waals surface area contributed by atoms with Crippen LogP contribution in [0.15, 0.2) is 36.8 Å². The number of halogens is 4. The van der Waals surface area contributed by atoms with Crippen molar-refractivity contribution in [3.63, 3.8) is 0 Å². The van der Waals surface area contributed by atoms with Crippen LogP contribution in [-0.2, 0) is 4.74 Å². The van der Waals surface area contributed by atoms with E-state index < -0.39 is 11.6 Å². The third-order valence-corrected chi connectivity index (χ3v) is 8.35. The Bertz CT molecular complexity index is 1300. The molecular formula is C27H31F4N5O. The second-order valence-electron chi connectivity index (χ2n) is 10.6. The zero-order valence-electron chi connectivity index (χ0n) is 20.8. The average molecular weight is 518 g/mol. The fourth-order valence-corrected chi connectivity index (χ4v) is 6.00. The number of alkyl halides is 3. The summed E-state index contributed by atoms with van der Waals surface area (Å²) < 4.78 is 63.1. The summed E-state index contributed by atoms with van der Waals surface area (Å²) in [6.07, 6.45) is 2.50. The largest absolute Gasteiger partial charge is 0.394 e. The number of likely N-dealkylation sites (tertiary alicyclic amines) is 1. The molecule has 3 aromatic rings. The van der Waals surface area contributed by atoms with E-state index in [1.807, 2.05) is 28.6 Å². The molecule has 0 amide bonds. The summed E-state index contributed by atoms with van der Waals surface area (Å²) in [6, 6.07) is 5.41. The summed E-state index contributed by atoms with van der Waals surface area (Å²) in [5.74, 6) is -0.753. The molecule has 1 aliphatic carbocycles. The Morgan fingerprint density at radius 1 is 1.14 bits per heavy atom. The summed E-state index contributed by atoms with van der Waals surface area (Å²) in [4.78, 5) is 8.75. The topological polar surface area (TPSA) is 45.0 Å². The number of benzene rings is 1. The molecule has 2 aromatic heterocycles. The Labute approximate surface area is 213 Å². The van der Waals surface area contributed by atoms with Crippen molar-refractivity contribution in [3.8, 4) is 11.1 Å². The molecule has 3 fully saturated rings. The predicted molar refractivity (Wildman–Crippen MR) is 134 cm³/mol. The van der Waals surface area contributed by atoms with E-state index in [-0.39, 0.29) is 24.6 Å². The molecule has 1 unspecified atom stereocenters. The lowest BCUT2D eigenvalue weighted by Crippen LogP contribution is -2.36. The van der Waals surface area contributed by atoms with Gasteiger partial charge in [-0.3, -0.25) is 4.90 Å². The first kappa shape index (κ1) is 24.5. The number of pyridine rings is 1. The Balaban J connectivity index is 1.23. The van der Waals surface area contributed by atoms with Crippen LogP contribution in [0.2, 0.25) is 0 Å². The summed E-state index contributed by atoms with van der Waals surface area (Å²) >= 11 is 0. The number of aryl methyl sites for hydroxylation is 1. The van der Waals surface area contributed by atoms with Gasteiger partial charge in [-0.15, -0.1) is 0 Å². The van der Waals surface area contributed by atoms with Crippen molar-refractivity contribution in [1.82, 2.24) is 14.3 Å². The molecule has 1 saturated carbocycles. The summed E-state index contributed by atoms with van der Waals surface area (Å²) in [7, 11) is 0. The van der Waals surface area contributed by atoms with Gasteiger partial charge >= 0.3 is 6.18 Å². The first-order valence-corrected chi connectivity index (χ1v) is 12.9. The maximum Gasteiger partial charge on any atom is 0.394 e. The lowest BCUT2D eigenvalue weighted by Gasteiger charge is -2.29. The van der Waals surface area contributed by atoms with Gasteiger partial charge in [-0.05, 0) is 61.4 Å². The minimum atomic E-state index is -4.14. The number of anilines is 2. The molecule has 1 N–H and O–H groups in total. The lowest BCUT2D eigenvalue weighted by molar-refractivity contribution is -0.201. The molecule has 37 heavy (non-hydrogen) atoms. The van der Waals surface area contributed by atoms with Gasteiger partial charge in [-0.25, -0.2) is 9.37 Å². The van der Waals surface area contributed by atoms with Gasteiger partial charge in [0.1, 0.15) is 5.82 Å². The summed E-state index contributed by atoms with van der Waals surface area (Å²) in [6.45, 7) is 6.00. The fourth-order valence-electron chi connectivity index (χ4n) is 6.00. The number of morpholine rings is 1. The highest BCUT2D eigenvalue weighted by Gasteiger charge is 2.67. The van der Waals surface area contributed by atoms with Crippen molar-refractivity contribution in [2.75, 3.05) is 56.3 Å². The van der Waals surface area contributed by atoms with Crippen LogP contribution in [0.1, 0.15) is 24.8 Å². The van der Waals surface area contributed by atoms with Crippen LogP contribution in [0.4, 0.5) is 28.9 Å². The first-order chi connectivity index (χ1) is 17.7. The maximum absolute atomic E-state index is 15.0. The molecule has 1 atom stereocenters. The Morgan fingerprint density at radius 3 is 2.65 bits per heavy atom. The molecule has 0 spiro atoms. The predicted octanol–water partition coefficient (Wildman–Crippen LogP) is 5.32. The zero-order valence-corrected chi connectivity index (χ0v) is 20.8. The van der Waals surface area contributed by atoms with Crippen molar-refractivity contribution in [3.05, 3.63) is 48.2 Å². The highest BCUT2D eigenvalue weighted by molar-refractivity contribution is 5.80. The van der Waals surface area contributed by atoms with Crippen molar-refractivity contribution in [2.45, 2.75) is 32.4 Å². The van der Waals surface area contributed by atoms with Crippen LogP contribution in [0, 0.1) is 24.1 Å². The molecule has 0 radical (unpaired) electrons. The Hall–Kier alpha value is -2.85. The number of fused-ring (bicyclic) bond motifs is 1. The van der Waals surface area contributed by atoms with E-state index in [4.69, 9.17) is 4.74 Å². The van der Waals surface area contributed by atoms with Crippen LogP contribution in [0.3, 0.4) is 0 Å². The standard InChI is InChI=1S/C27H31F4N5O/c1-18-12-22(28)23(33-17-34-6-2-20(16-34)26(3-4-26)27(29,30)31)14-21(18)19-13-24(35-8-10-37-11-9-35)25-32-5-7-36(25)15-19/h5,7,12-15,20,33H,2-4,6,8-11,16-17H2,1H3. The van der Waals surface area contributed by atoms with Crippen molar-refractivity contribution in [1.29, 1.82) is 0 Å². The number of rotatable bonds is 6. The van der Waals surface area contributed by atoms with Gasteiger partial charge in [0, 0.05) is 50.3 Å².